The van der Waals surface area contributed by atoms with Crippen molar-refractivity contribution >= 4 is 124 Å². The first-order valence-electron chi connectivity index (χ1n) is 34.6. The molecule has 112 heavy (non-hydrogen) atoms. The predicted octanol–water partition coefficient (Wildman–Crippen LogP) is 12.0. The van der Waals surface area contributed by atoms with Gasteiger partial charge in [-0.15, -0.1) is 12.4 Å². The lowest BCUT2D eigenvalue weighted by Gasteiger charge is -2.36. The summed E-state index contributed by atoms with van der Waals surface area (Å²) in [5.74, 6) is -1.51. The van der Waals surface area contributed by atoms with E-state index in [9.17, 15) is 57.1 Å². The summed E-state index contributed by atoms with van der Waals surface area (Å²) in [5, 5.41) is 24.5. The van der Waals surface area contributed by atoms with Gasteiger partial charge in [0.2, 0.25) is 30.1 Å². The van der Waals surface area contributed by atoms with Crippen LogP contribution in [-0.4, -0.2) is 197 Å². The van der Waals surface area contributed by atoms with Gasteiger partial charge in [0, 0.05) is 101 Å². The number of nitrogens with zero attached hydrogens (tertiary/aromatic N) is 7. The number of nitrogens with two attached hydrogens (primary N) is 5. The molecule has 0 heterocycles. The molecule has 0 saturated heterocycles. The Bertz CT molecular complexity index is 4730. The van der Waals surface area contributed by atoms with Gasteiger partial charge in [-0.05, 0) is 191 Å². The van der Waals surface area contributed by atoms with Crippen LogP contribution in [0, 0.1) is 0 Å². The number of carboxylic acid groups (broad SMARTS) is 1. The van der Waals surface area contributed by atoms with Crippen molar-refractivity contribution < 1.29 is 62.2 Å². The van der Waals surface area contributed by atoms with E-state index in [2.05, 4.69) is 81.8 Å². The number of nitrogen functional groups attached to an aromatic ring is 2. The van der Waals surface area contributed by atoms with E-state index in [1.165, 1.54) is 87.9 Å². The minimum absolute atomic E-state index is 0. The van der Waals surface area contributed by atoms with E-state index >= 15 is 0 Å². The zero-order valence-corrected chi connectivity index (χ0v) is 76.7. The summed E-state index contributed by atoms with van der Waals surface area (Å²) in [5.41, 5.74) is 16.4. The zero-order valence-electron chi connectivity index (χ0n) is 69.1. The van der Waals surface area contributed by atoms with Crippen LogP contribution in [0.3, 0.4) is 0 Å². The maximum Gasteiger partial charge on any atom is 0.335 e. The number of rotatable bonds is 18. The zero-order chi connectivity index (χ0) is 86.4. The van der Waals surface area contributed by atoms with Crippen molar-refractivity contribution in [2.24, 2.45) is 19.4 Å². The second-order valence-corrected chi connectivity index (χ2v) is 49.7. The molecule has 0 spiro atoms. The molecule has 0 aromatic heterocycles. The molecule has 0 fully saturated rings. The van der Waals surface area contributed by atoms with Crippen molar-refractivity contribution in [2.45, 2.75) is 142 Å². The highest BCUT2D eigenvalue weighted by molar-refractivity contribution is 8.13. The summed E-state index contributed by atoms with van der Waals surface area (Å²) in [6.45, 7) is 27.5. The number of halogens is 2. The number of carboxylic acids is 1. The highest BCUT2D eigenvalue weighted by Gasteiger charge is 2.40. The van der Waals surface area contributed by atoms with Crippen LogP contribution in [0.4, 0.5) is 11.4 Å². The molecular formula is C76H121Cl2N13O14S5Si2. The predicted molar refractivity (Wildman–Crippen MR) is 464 cm³/mol. The Kier molecular flexibility index (Phi) is 44.5. The minimum Gasteiger partial charge on any atom is -0.478 e. The number of hydrogen-bond acceptors (Lipinski definition) is 19. The lowest BCUT2D eigenvalue weighted by atomic mass is 10.2. The summed E-state index contributed by atoms with van der Waals surface area (Å²) < 4.78 is 112. The lowest BCUT2D eigenvalue weighted by Crippen LogP contribution is -2.54. The van der Waals surface area contributed by atoms with Crippen molar-refractivity contribution in [1.29, 1.82) is 0 Å². The fourth-order valence-electron chi connectivity index (χ4n) is 8.33. The fourth-order valence-corrected chi connectivity index (χ4v) is 20.0. The van der Waals surface area contributed by atoms with E-state index in [-0.39, 0.29) is 60.5 Å². The van der Waals surface area contributed by atoms with Crippen molar-refractivity contribution in [3.63, 3.8) is 0 Å². The largest absolute Gasteiger partial charge is 0.478 e. The van der Waals surface area contributed by atoms with Crippen LogP contribution in [0.2, 0.25) is 36.3 Å². The molecule has 3 amide bonds. The summed E-state index contributed by atoms with van der Waals surface area (Å²) in [7, 11) is 5.13. The number of carbonyl (C=O) groups is 4. The standard InChI is InChI=1S/C15H29N3OSSi.C15H28N2O2SSi.C9H10ClNO3S.C9H12N2O3S.C9H14N2O2S.C9H12N2O.C7H7NO2.C3H8.ClH/c1-15(2,3)21(6,7)17-20(16,19)14-10-8-9-13(11-14)12-18(4)5;1-15(2,3)21(6,7)16-20(18,19)14-10-8-9-13(11-14)12-17(4)5;2*1-11(2)9(12)7-4-3-5-8(6-7)15(10,13)14;1-11(2)7-8-4-3-5-9(6-8)14(10,12)13;1-11(2)9(12)7-4-3-5-8(10)6-7;8-6-3-1-2-5(4-6)7(9)10;1-3-2;/h8-11H,12H2,1-7H3,(H2,16,17,19);8-11,16H,12H2,1-7H3;3-6H,1-2H3;3-6H,1-2H3,(H2,10,13,14);3-6H,7H2,1-2H3,(H2,10,12,13);3-6H,10H2,1-2H3;1-4H,8H2,(H,9,10);3H2,1-2H3;1H. The normalized spacial score (nSPS) is 12.0. The van der Waals surface area contributed by atoms with Gasteiger partial charge in [-0.1, -0.05) is 136 Å². The highest BCUT2D eigenvalue weighted by atomic mass is 35.7. The molecule has 1 unspecified atom stereocenters. The molecule has 12 N–H and O–H groups in total. The Morgan fingerprint density at radius 3 is 1.01 bits per heavy atom. The van der Waals surface area contributed by atoms with Crippen LogP contribution in [-0.2, 0) is 68.7 Å². The van der Waals surface area contributed by atoms with Crippen LogP contribution >= 0.6 is 23.1 Å². The molecule has 1 atom stereocenters. The van der Waals surface area contributed by atoms with Crippen LogP contribution in [0.1, 0.15) is 120 Å². The molecule has 0 aliphatic rings. The minimum atomic E-state index is -3.78. The average Bonchev–Trinajstić information content (AvgIpc) is 0.796. The van der Waals surface area contributed by atoms with Gasteiger partial charge in [0.15, 0.2) is 8.24 Å². The van der Waals surface area contributed by atoms with Gasteiger partial charge in [-0.2, -0.15) is 0 Å². The smallest absolute Gasteiger partial charge is 0.335 e. The summed E-state index contributed by atoms with van der Waals surface area (Å²) in [4.78, 5) is 56.0. The topological polar surface area (TPSA) is 416 Å². The number of benzene rings is 7. The van der Waals surface area contributed by atoms with Gasteiger partial charge < -0.3 is 46.0 Å². The van der Waals surface area contributed by atoms with Gasteiger partial charge in [-0.3, -0.25) is 18.4 Å². The Hall–Kier alpha value is -7.50. The Morgan fingerprint density at radius 1 is 0.429 bits per heavy atom. The van der Waals surface area contributed by atoms with Gasteiger partial charge in [0.25, 0.3) is 26.8 Å². The number of primary sulfonamides is 2. The summed E-state index contributed by atoms with van der Waals surface area (Å²) in [6.07, 6.45) is 1.25. The van der Waals surface area contributed by atoms with E-state index in [4.69, 9.17) is 42.7 Å². The van der Waals surface area contributed by atoms with Gasteiger partial charge in [0.1, 0.15) is 18.2 Å². The molecule has 0 saturated carbocycles. The average molecular weight is 1730 g/mol. The molecule has 7 rings (SSSR count). The van der Waals surface area contributed by atoms with E-state index < -0.39 is 71.5 Å². The van der Waals surface area contributed by atoms with E-state index in [1.807, 2.05) is 102 Å². The van der Waals surface area contributed by atoms with Gasteiger partial charge in [-0.25, -0.2) is 62.5 Å². The van der Waals surface area contributed by atoms with E-state index in [0.29, 0.717) is 44.4 Å². The van der Waals surface area contributed by atoms with Crippen molar-refractivity contribution in [3.8, 4) is 0 Å². The highest BCUT2D eigenvalue weighted by Crippen LogP contribution is 2.38. The Morgan fingerprint density at radius 2 is 0.705 bits per heavy atom. The van der Waals surface area contributed by atoms with Gasteiger partial charge >= 0.3 is 5.97 Å². The van der Waals surface area contributed by atoms with Crippen LogP contribution in [0.15, 0.2) is 198 Å². The first-order valence-corrected chi connectivity index (χ1v) is 49.0. The number of amides is 3. The van der Waals surface area contributed by atoms with Crippen LogP contribution in [0.5, 0.6) is 0 Å². The second kappa shape index (κ2) is 46.8. The molecule has 36 heteroatoms. The SMILES string of the molecule is CCC.CN(C)C(=O)c1cccc(N)c1.CN(C)C(=O)c1cccc(S(=O)(=O)Cl)c1.CN(C)C(=O)c1cccc(S(N)(=O)=O)c1.CN(C)Cc1cccc(S(=O)(=O)N[Si](C)(C)C(C)(C)C)c1.CN(C)Cc1cccc(S(N)(=O)=N[Si](C)(C)C(C)(C)C)c1.CN(C)Cc1cccc(S(N)(=O)=O)c1.Cl.Nc1cccc(C(=O)O)c1. The van der Waals surface area contributed by atoms with E-state index in [1.54, 1.807) is 109 Å². The van der Waals surface area contributed by atoms with Crippen molar-refractivity contribution in [2.75, 3.05) is 96.0 Å². The quantitative estimate of drug-likeness (QED) is 0.0238. The molecular weight excluding hydrogens is 1610 g/mol. The van der Waals surface area contributed by atoms with Crippen LogP contribution in [0.25, 0.3) is 0 Å². The third-order valence-electron chi connectivity index (χ3n) is 15.9. The molecule has 0 aliphatic heterocycles. The summed E-state index contributed by atoms with van der Waals surface area (Å²) >= 11 is 0. The molecule has 626 valence electrons. The maximum atomic E-state index is 12.9. The molecule has 7 aromatic carbocycles. The van der Waals surface area contributed by atoms with Gasteiger partial charge in [0.05, 0.1) is 30.0 Å². The van der Waals surface area contributed by atoms with Crippen molar-refractivity contribution in [3.05, 3.63) is 209 Å². The third kappa shape index (κ3) is 40.0. The molecule has 0 aliphatic carbocycles. The third-order valence-corrected chi connectivity index (χ3v) is 34.3. The molecule has 27 nitrogen and oxygen atoms in total. The Labute approximate surface area is 681 Å². The molecule has 0 radical (unpaired) electrons. The fraction of sp³-hybridized carbons (Fsp3) is 0.395. The number of hydrogen-bond donors (Lipinski definition) is 7. The monoisotopic (exact) mass is 1730 g/mol. The first kappa shape index (κ1) is 107. The van der Waals surface area contributed by atoms with E-state index in [0.717, 1.165) is 29.8 Å². The number of carbonyl (C=O) groups excluding carboxylic acids is 3. The first-order chi connectivity index (χ1) is 50.5. The lowest BCUT2D eigenvalue weighted by molar-refractivity contribution is 0.0695. The van der Waals surface area contributed by atoms with Crippen molar-refractivity contribution in [1.82, 2.24) is 33.8 Å². The molecule has 7 aromatic rings. The number of sulfonamides is 3. The molecule has 0 bridgehead atoms. The second-order valence-electron chi connectivity index (χ2n) is 30.1. The number of aromatic carboxylic acids is 1. The van der Waals surface area contributed by atoms with Crippen LogP contribution < -0.4 is 31.3 Å². The maximum absolute atomic E-state index is 12.9. The summed E-state index contributed by atoms with van der Waals surface area (Å²) in [6, 6.07) is 45.8. The number of anilines is 2. The Balaban J connectivity index is 0. The number of nitrogens with one attached hydrogen (secondary N) is 1.